The molecule has 37 heavy (non-hydrogen) atoms. The van der Waals surface area contributed by atoms with Crippen molar-refractivity contribution < 1.29 is 27.2 Å². The van der Waals surface area contributed by atoms with E-state index in [2.05, 4.69) is 10.5 Å². The lowest BCUT2D eigenvalue weighted by Gasteiger charge is -2.30. The third-order valence-corrected chi connectivity index (χ3v) is 8.48. The van der Waals surface area contributed by atoms with E-state index in [0.29, 0.717) is 35.7 Å². The standard InChI is InChI=1S/C27H31N3O6S/c1-18-5-7-20(8-6-18)9-11-25-26(19(2)29-36-25)37(32,33)30-15-13-21(14-16-30)27(31)28-23-17-22(34-3)10-12-24(23)35-4/h5-12,17,21H,13-16H2,1-4H3,(H,28,31). The maximum absolute atomic E-state index is 13.5. The molecule has 1 amide bonds. The molecule has 0 atom stereocenters. The first kappa shape index (κ1) is 26.4. The Morgan fingerprint density at radius 1 is 1.05 bits per heavy atom. The summed E-state index contributed by atoms with van der Waals surface area (Å²) < 4.78 is 44.4. The highest BCUT2D eigenvalue weighted by molar-refractivity contribution is 7.89. The van der Waals surface area contributed by atoms with Crippen LogP contribution in [0.15, 0.2) is 51.9 Å². The van der Waals surface area contributed by atoms with Crippen LogP contribution >= 0.6 is 0 Å². The van der Waals surface area contributed by atoms with Crippen LogP contribution in [0, 0.1) is 19.8 Å². The van der Waals surface area contributed by atoms with Gasteiger partial charge in [0.2, 0.25) is 15.9 Å². The number of amides is 1. The van der Waals surface area contributed by atoms with Gasteiger partial charge >= 0.3 is 0 Å². The van der Waals surface area contributed by atoms with Gasteiger partial charge in [0.25, 0.3) is 0 Å². The highest BCUT2D eigenvalue weighted by Gasteiger charge is 2.36. The number of carbonyl (C=O) groups excluding carboxylic acids is 1. The number of piperidine rings is 1. The number of hydrogen-bond acceptors (Lipinski definition) is 7. The van der Waals surface area contributed by atoms with Gasteiger partial charge in [0.1, 0.15) is 17.2 Å². The van der Waals surface area contributed by atoms with Gasteiger partial charge in [0, 0.05) is 25.1 Å². The maximum Gasteiger partial charge on any atom is 0.248 e. The van der Waals surface area contributed by atoms with E-state index in [0.717, 1.165) is 11.1 Å². The van der Waals surface area contributed by atoms with Crippen molar-refractivity contribution in [1.29, 1.82) is 0 Å². The van der Waals surface area contributed by atoms with Crippen molar-refractivity contribution in [2.45, 2.75) is 31.6 Å². The topological polar surface area (TPSA) is 111 Å². The van der Waals surface area contributed by atoms with Crippen molar-refractivity contribution in [1.82, 2.24) is 9.46 Å². The Hall–Kier alpha value is -3.63. The Kier molecular flexibility index (Phi) is 7.99. The highest BCUT2D eigenvalue weighted by Crippen LogP contribution is 2.32. The van der Waals surface area contributed by atoms with Crippen LogP contribution in [-0.2, 0) is 14.8 Å². The lowest BCUT2D eigenvalue weighted by Crippen LogP contribution is -2.41. The quantitative estimate of drug-likeness (QED) is 0.460. The van der Waals surface area contributed by atoms with E-state index in [-0.39, 0.29) is 35.6 Å². The normalized spacial score (nSPS) is 15.1. The Balaban J connectivity index is 1.45. The Labute approximate surface area is 217 Å². The van der Waals surface area contributed by atoms with Crippen LogP contribution in [-0.4, -0.2) is 51.1 Å². The molecule has 0 bridgehead atoms. The van der Waals surface area contributed by atoms with Crippen molar-refractivity contribution in [2.75, 3.05) is 32.6 Å². The van der Waals surface area contributed by atoms with Crippen molar-refractivity contribution in [3.63, 3.8) is 0 Å². The summed E-state index contributed by atoms with van der Waals surface area (Å²) in [5, 5.41) is 6.80. The summed E-state index contributed by atoms with van der Waals surface area (Å²) in [6.45, 7) is 4.03. The lowest BCUT2D eigenvalue weighted by molar-refractivity contribution is -0.120. The van der Waals surface area contributed by atoms with Crippen molar-refractivity contribution in [2.24, 2.45) is 5.92 Å². The summed E-state index contributed by atoms with van der Waals surface area (Å²) in [4.78, 5) is 13.0. The molecule has 0 spiro atoms. The van der Waals surface area contributed by atoms with E-state index < -0.39 is 10.0 Å². The zero-order valence-electron chi connectivity index (χ0n) is 21.4. The predicted octanol–water partition coefficient (Wildman–Crippen LogP) is 4.52. The maximum atomic E-state index is 13.5. The van der Waals surface area contributed by atoms with Crippen LogP contribution in [0.3, 0.4) is 0 Å². The molecule has 0 radical (unpaired) electrons. The molecule has 1 saturated heterocycles. The van der Waals surface area contributed by atoms with Crippen LogP contribution in [0.4, 0.5) is 5.69 Å². The van der Waals surface area contributed by atoms with Gasteiger partial charge in [-0.2, -0.15) is 4.31 Å². The van der Waals surface area contributed by atoms with Crippen LogP contribution in [0.1, 0.15) is 35.4 Å². The summed E-state index contributed by atoms with van der Waals surface area (Å²) in [5.74, 6) is 0.762. The number of aromatic nitrogens is 1. The molecular formula is C27H31N3O6S. The molecule has 0 saturated carbocycles. The van der Waals surface area contributed by atoms with Gasteiger partial charge < -0.3 is 19.3 Å². The number of nitrogens with one attached hydrogen (secondary N) is 1. The molecule has 1 aromatic heterocycles. The van der Waals surface area contributed by atoms with Crippen LogP contribution in [0.5, 0.6) is 11.5 Å². The minimum Gasteiger partial charge on any atom is -0.497 e. The number of benzene rings is 2. The average molecular weight is 526 g/mol. The van der Waals surface area contributed by atoms with Gasteiger partial charge in [-0.05, 0) is 50.5 Å². The molecule has 3 aromatic rings. The number of aryl methyl sites for hydroxylation is 2. The zero-order chi connectivity index (χ0) is 26.6. The third-order valence-electron chi connectivity index (χ3n) is 6.42. The minimum absolute atomic E-state index is 0.0554. The van der Waals surface area contributed by atoms with Crippen LogP contribution in [0.2, 0.25) is 0 Å². The summed E-state index contributed by atoms with van der Waals surface area (Å²) in [6.07, 6.45) is 4.19. The molecule has 2 heterocycles. The average Bonchev–Trinajstić information content (AvgIpc) is 3.29. The molecule has 1 N–H and O–H groups in total. The number of hydrogen-bond donors (Lipinski definition) is 1. The second-order valence-corrected chi connectivity index (χ2v) is 10.8. The van der Waals surface area contributed by atoms with Crippen LogP contribution in [0.25, 0.3) is 12.2 Å². The van der Waals surface area contributed by atoms with Gasteiger partial charge in [0.15, 0.2) is 10.7 Å². The summed E-state index contributed by atoms with van der Waals surface area (Å²) in [6, 6.07) is 13.0. The first-order chi connectivity index (χ1) is 17.7. The third kappa shape index (κ3) is 5.86. The van der Waals surface area contributed by atoms with Crippen molar-refractivity contribution in [3.05, 3.63) is 65.0 Å². The zero-order valence-corrected chi connectivity index (χ0v) is 22.2. The monoisotopic (exact) mass is 525 g/mol. The van der Waals surface area contributed by atoms with Gasteiger partial charge in [0.05, 0.1) is 19.9 Å². The molecule has 10 heteroatoms. The smallest absolute Gasteiger partial charge is 0.248 e. The molecular weight excluding hydrogens is 494 g/mol. The fraction of sp³-hybridized carbons (Fsp3) is 0.333. The lowest BCUT2D eigenvalue weighted by atomic mass is 9.97. The van der Waals surface area contributed by atoms with Gasteiger partial charge in [-0.1, -0.05) is 41.1 Å². The van der Waals surface area contributed by atoms with Gasteiger partial charge in [-0.15, -0.1) is 0 Å². The number of rotatable bonds is 8. The number of carbonyl (C=O) groups is 1. The largest absolute Gasteiger partial charge is 0.497 e. The van der Waals surface area contributed by atoms with E-state index in [1.807, 2.05) is 31.2 Å². The second kappa shape index (κ2) is 11.2. The predicted molar refractivity (Wildman–Crippen MR) is 141 cm³/mol. The number of anilines is 1. The molecule has 4 rings (SSSR count). The van der Waals surface area contributed by atoms with Crippen molar-refractivity contribution >= 4 is 33.8 Å². The minimum atomic E-state index is -3.86. The number of ether oxygens (including phenoxy) is 2. The summed E-state index contributed by atoms with van der Waals surface area (Å²) in [5.41, 5.74) is 2.86. The fourth-order valence-electron chi connectivity index (χ4n) is 4.28. The Morgan fingerprint density at radius 2 is 1.76 bits per heavy atom. The fourth-order valence-corrected chi connectivity index (χ4v) is 6.00. The van der Waals surface area contributed by atoms with Gasteiger partial charge in [-0.3, -0.25) is 4.79 Å². The van der Waals surface area contributed by atoms with E-state index in [1.165, 1.54) is 11.4 Å². The first-order valence-electron chi connectivity index (χ1n) is 12.0. The van der Waals surface area contributed by atoms with Crippen LogP contribution < -0.4 is 14.8 Å². The molecule has 196 valence electrons. The second-order valence-electron chi connectivity index (χ2n) is 8.94. The number of nitrogens with zero attached hydrogens (tertiary/aromatic N) is 2. The van der Waals surface area contributed by atoms with E-state index >= 15 is 0 Å². The number of methoxy groups -OCH3 is 2. The Morgan fingerprint density at radius 3 is 2.41 bits per heavy atom. The SMILES string of the molecule is COc1ccc(OC)c(NC(=O)C2CCN(S(=O)(=O)c3c(C)noc3C=Cc3ccc(C)cc3)CC2)c1. The molecule has 0 unspecified atom stereocenters. The highest BCUT2D eigenvalue weighted by atomic mass is 32.2. The molecule has 2 aromatic carbocycles. The summed E-state index contributed by atoms with van der Waals surface area (Å²) in [7, 11) is -0.790. The van der Waals surface area contributed by atoms with E-state index in [4.69, 9.17) is 14.0 Å². The molecule has 1 aliphatic heterocycles. The molecule has 1 aliphatic rings. The van der Waals surface area contributed by atoms with E-state index in [1.54, 1.807) is 44.4 Å². The summed E-state index contributed by atoms with van der Waals surface area (Å²) >= 11 is 0. The molecule has 1 fully saturated rings. The molecule has 9 nitrogen and oxygen atoms in total. The Bertz CT molecular complexity index is 1390. The van der Waals surface area contributed by atoms with Crippen molar-refractivity contribution in [3.8, 4) is 11.5 Å². The van der Waals surface area contributed by atoms with E-state index in [9.17, 15) is 13.2 Å². The number of sulfonamides is 1. The van der Waals surface area contributed by atoms with Gasteiger partial charge in [-0.25, -0.2) is 8.42 Å². The first-order valence-corrected chi connectivity index (χ1v) is 13.4. The molecule has 0 aliphatic carbocycles.